The summed E-state index contributed by atoms with van der Waals surface area (Å²) in [7, 11) is 0. The Kier molecular flexibility index (Phi) is 8.83. The molecule has 12 aromatic rings. The fourth-order valence-corrected chi connectivity index (χ4v) is 9.65. The highest BCUT2D eigenvalue weighted by Gasteiger charge is 2.20. The number of hydrogen-bond acceptors (Lipinski definition) is 2. The van der Waals surface area contributed by atoms with E-state index in [1.807, 2.05) is 0 Å². The zero-order valence-electron chi connectivity index (χ0n) is 34.5. The fourth-order valence-electron chi connectivity index (χ4n) is 9.65. The predicted molar refractivity (Wildman–Crippen MR) is 268 cm³/mol. The van der Waals surface area contributed by atoms with Crippen LogP contribution in [0, 0.1) is 0 Å². The van der Waals surface area contributed by atoms with Gasteiger partial charge in [-0.1, -0.05) is 146 Å². The van der Waals surface area contributed by atoms with Gasteiger partial charge in [0.25, 0.3) is 0 Å². The van der Waals surface area contributed by atoms with Gasteiger partial charge in [0.15, 0.2) is 0 Å². The molecule has 0 aliphatic carbocycles. The van der Waals surface area contributed by atoms with Crippen LogP contribution in [0.25, 0.3) is 70.9 Å². The molecule has 1 heterocycles. The highest BCUT2D eigenvalue weighted by atomic mass is 15.1. The SMILES string of the molecule is c1ccc(N(c2ccccc2)c2ccc(-c3ccc4c(c3)c3cc(N(c5ccccc5)c5ccccc5)ccc3n4-c3ccc4c5ccccc5c5ccccc5c4c3)cc2)cc1. The average Bonchev–Trinajstić information content (AvgIpc) is 3.69. The van der Waals surface area contributed by atoms with Crippen molar-refractivity contribution in [3.63, 3.8) is 0 Å². The fraction of sp³-hybridized carbons (Fsp3) is 0. The molecule has 11 aromatic carbocycles. The van der Waals surface area contributed by atoms with Gasteiger partial charge in [-0.05, 0) is 147 Å². The first kappa shape index (κ1) is 36.5. The highest BCUT2D eigenvalue weighted by molar-refractivity contribution is 6.25. The lowest BCUT2D eigenvalue weighted by Crippen LogP contribution is -2.09. The Bertz CT molecular complexity index is 3480. The molecular weight excluding hydrogens is 763 g/mol. The van der Waals surface area contributed by atoms with Gasteiger partial charge in [0.2, 0.25) is 0 Å². The zero-order valence-corrected chi connectivity index (χ0v) is 34.5. The van der Waals surface area contributed by atoms with Crippen molar-refractivity contribution in [2.45, 2.75) is 0 Å². The zero-order chi connectivity index (χ0) is 41.7. The Labute approximate surface area is 366 Å². The normalized spacial score (nSPS) is 11.5. The van der Waals surface area contributed by atoms with Crippen LogP contribution < -0.4 is 9.80 Å². The largest absolute Gasteiger partial charge is 0.311 e. The number of rotatable bonds is 8. The van der Waals surface area contributed by atoms with E-state index in [-0.39, 0.29) is 0 Å². The lowest BCUT2D eigenvalue weighted by atomic mass is 9.94. The van der Waals surface area contributed by atoms with Crippen molar-refractivity contribution in [1.29, 1.82) is 0 Å². The maximum Gasteiger partial charge on any atom is 0.0542 e. The monoisotopic (exact) mass is 803 g/mol. The quantitative estimate of drug-likeness (QED) is 0.142. The lowest BCUT2D eigenvalue weighted by molar-refractivity contribution is 1.18. The average molecular weight is 804 g/mol. The van der Waals surface area contributed by atoms with Crippen LogP contribution in [0.3, 0.4) is 0 Å². The van der Waals surface area contributed by atoms with Crippen LogP contribution in [0.5, 0.6) is 0 Å². The summed E-state index contributed by atoms with van der Waals surface area (Å²) in [5, 5.41) is 10.0. The van der Waals surface area contributed by atoms with Gasteiger partial charge in [-0.2, -0.15) is 0 Å². The minimum Gasteiger partial charge on any atom is -0.311 e. The first-order valence-corrected chi connectivity index (χ1v) is 21.6. The van der Waals surface area contributed by atoms with E-state index in [1.165, 1.54) is 48.7 Å². The molecular formula is C60H41N3. The summed E-state index contributed by atoms with van der Waals surface area (Å²) in [4.78, 5) is 4.66. The molecule has 0 fully saturated rings. The van der Waals surface area contributed by atoms with Crippen LogP contribution in [0.4, 0.5) is 34.1 Å². The minimum absolute atomic E-state index is 1.10. The maximum atomic E-state index is 2.46. The third kappa shape index (κ3) is 6.29. The van der Waals surface area contributed by atoms with Crippen molar-refractivity contribution in [1.82, 2.24) is 4.57 Å². The molecule has 0 amide bonds. The van der Waals surface area contributed by atoms with E-state index in [2.05, 4.69) is 263 Å². The Morgan fingerprint density at radius 2 is 0.587 bits per heavy atom. The van der Waals surface area contributed by atoms with Crippen molar-refractivity contribution in [2.75, 3.05) is 9.80 Å². The third-order valence-corrected chi connectivity index (χ3v) is 12.5. The summed E-state index contributed by atoms with van der Waals surface area (Å²) in [6.45, 7) is 0. The van der Waals surface area contributed by atoms with Gasteiger partial charge in [0.05, 0.1) is 11.0 Å². The van der Waals surface area contributed by atoms with Gasteiger partial charge in [0.1, 0.15) is 0 Å². The molecule has 0 unspecified atom stereocenters. The molecule has 63 heavy (non-hydrogen) atoms. The highest BCUT2D eigenvalue weighted by Crippen LogP contribution is 2.43. The second kappa shape index (κ2) is 15.3. The molecule has 3 nitrogen and oxygen atoms in total. The first-order chi connectivity index (χ1) is 31.3. The van der Waals surface area contributed by atoms with E-state index >= 15 is 0 Å². The smallest absolute Gasteiger partial charge is 0.0542 e. The second-order valence-corrected chi connectivity index (χ2v) is 16.1. The predicted octanol–water partition coefficient (Wildman–Crippen LogP) is 16.8. The van der Waals surface area contributed by atoms with Crippen LogP contribution >= 0.6 is 0 Å². The van der Waals surface area contributed by atoms with Gasteiger partial charge in [-0.15, -0.1) is 0 Å². The van der Waals surface area contributed by atoms with E-state index in [1.54, 1.807) is 0 Å². The molecule has 0 aliphatic heterocycles. The van der Waals surface area contributed by atoms with Gasteiger partial charge in [0, 0.05) is 50.6 Å². The van der Waals surface area contributed by atoms with Crippen molar-refractivity contribution in [2.24, 2.45) is 0 Å². The van der Waals surface area contributed by atoms with Gasteiger partial charge in [-0.25, -0.2) is 0 Å². The van der Waals surface area contributed by atoms with Crippen LogP contribution in [-0.4, -0.2) is 4.57 Å². The van der Waals surface area contributed by atoms with Crippen LogP contribution in [0.2, 0.25) is 0 Å². The second-order valence-electron chi connectivity index (χ2n) is 16.1. The van der Waals surface area contributed by atoms with Gasteiger partial charge >= 0.3 is 0 Å². The van der Waals surface area contributed by atoms with E-state index in [9.17, 15) is 0 Å². The van der Waals surface area contributed by atoms with E-state index in [4.69, 9.17) is 0 Å². The molecule has 0 atom stereocenters. The molecule has 0 saturated carbocycles. The lowest BCUT2D eigenvalue weighted by Gasteiger charge is -2.25. The summed E-state index contributed by atoms with van der Waals surface area (Å²) in [6.07, 6.45) is 0. The van der Waals surface area contributed by atoms with E-state index in [0.717, 1.165) is 56.4 Å². The molecule has 0 bridgehead atoms. The van der Waals surface area contributed by atoms with Crippen LogP contribution in [-0.2, 0) is 0 Å². The van der Waals surface area contributed by atoms with E-state index in [0.29, 0.717) is 0 Å². The Hall–Kier alpha value is -8.40. The standard InChI is InChI=1S/C60H41N3/c1-5-17-44(18-6-1)61(45-19-7-2-8-20-45)48-32-29-42(30-33-48)43-31-37-59-57(39-43)58-41-49(62(46-21-9-3-10-22-46)47-23-11-4-12-24-47)35-38-60(58)63(59)50-34-36-55-53-27-14-13-25-51(53)52-26-15-16-28-54(52)56(55)40-50/h1-41H. The molecule has 3 heteroatoms. The topological polar surface area (TPSA) is 11.4 Å². The number of benzene rings is 11. The summed E-state index contributed by atoms with van der Waals surface area (Å²) >= 11 is 0. The number of para-hydroxylation sites is 4. The summed E-state index contributed by atoms with van der Waals surface area (Å²) in [6, 6.07) is 90.1. The van der Waals surface area contributed by atoms with Crippen molar-refractivity contribution < 1.29 is 0 Å². The molecule has 0 spiro atoms. The molecule has 12 rings (SSSR count). The Morgan fingerprint density at radius 3 is 1.10 bits per heavy atom. The number of hydrogen-bond donors (Lipinski definition) is 0. The van der Waals surface area contributed by atoms with Gasteiger partial charge in [-0.3, -0.25) is 0 Å². The number of nitrogens with zero attached hydrogens (tertiary/aromatic N) is 3. The molecule has 0 aliphatic rings. The number of aromatic nitrogens is 1. The van der Waals surface area contributed by atoms with E-state index < -0.39 is 0 Å². The number of anilines is 6. The maximum absolute atomic E-state index is 2.46. The Balaban J connectivity index is 1.06. The molecule has 0 N–H and O–H groups in total. The molecule has 0 radical (unpaired) electrons. The first-order valence-electron chi connectivity index (χ1n) is 21.6. The van der Waals surface area contributed by atoms with Gasteiger partial charge < -0.3 is 14.4 Å². The summed E-state index contributed by atoms with van der Waals surface area (Å²) < 4.78 is 2.46. The van der Waals surface area contributed by atoms with Crippen molar-refractivity contribution in [3.05, 3.63) is 249 Å². The molecule has 0 saturated heterocycles. The molecule has 296 valence electrons. The van der Waals surface area contributed by atoms with Crippen LogP contribution in [0.15, 0.2) is 249 Å². The van der Waals surface area contributed by atoms with Crippen molar-refractivity contribution >= 4 is 88.2 Å². The minimum atomic E-state index is 1.10. The van der Waals surface area contributed by atoms with Crippen molar-refractivity contribution in [3.8, 4) is 16.8 Å². The number of fused-ring (bicyclic) bond motifs is 9. The Morgan fingerprint density at radius 1 is 0.222 bits per heavy atom. The summed E-state index contributed by atoms with van der Waals surface area (Å²) in [5.74, 6) is 0. The van der Waals surface area contributed by atoms with Crippen LogP contribution in [0.1, 0.15) is 0 Å². The summed E-state index contributed by atoms with van der Waals surface area (Å²) in [5.41, 5.74) is 12.5. The third-order valence-electron chi connectivity index (χ3n) is 12.5. The molecule has 1 aromatic heterocycles.